The molecule has 0 bridgehead atoms. The van der Waals surface area contributed by atoms with E-state index in [0.717, 1.165) is 38.5 Å². The summed E-state index contributed by atoms with van der Waals surface area (Å²) in [4.78, 5) is 4.90. The van der Waals surface area contributed by atoms with Crippen molar-refractivity contribution in [1.29, 1.82) is 0 Å². The Morgan fingerprint density at radius 1 is 0.926 bits per heavy atom. The molecule has 2 aromatic carbocycles. The van der Waals surface area contributed by atoms with E-state index in [2.05, 4.69) is 46.2 Å². The molecular weight excluding hydrogens is 340 g/mol. The zero-order valence-electron chi connectivity index (χ0n) is 16.0. The van der Waals surface area contributed by atoms with Crippen molar-refractivity contribution in [3.05, 3.63) is 60.2 Å². The lowest BCUT2D eigenvalue weighted by molar-refractivity contribution is -0.172. The Hall–Kier alpha value is -2.08. The van der Waals surface area contributed by atoms with Crippen LogP contribution in [0.3, 0.4) is 0 Å². The van der Waals surface area contributed by atoms with Crippen molar-refractivity contribution in [2.24, 2.45) is 0 Å². The molecule has 5 heteroatoms. The summed E-state index contributed by atoms with van der Waals surface area (Å²) < 4.78 is 17.7. The van der Waals surface area contributed by atoms with Gasteiger partial charge in [0.2, 0.25) is 0 Å². The van der Waals surface area contributed by atoms with Crippen molar-refractivity contribution in [3.63, 3.8) is 0 Å². The first-order valence-electron chi connectivity index (χ1n) is 9.68. The van der Waals surface area contributed by atoms with Crippen LogP contribution in [0.5, 0.6) is 5.75 Å². The highest BCUT2D eigenvalue weighted by Gasteiger charge is 2.38. The Morgan fingerprint density at radius 2 is 1.67 bits per heavy atom. The summed E-state index contributed by atoms with van der Waals surface area (Å²) in [6, 6.07) is 18.8. The molecule has 0 aliphatic carbocycles. The number of piperazine rings is 1. The molecule has 1 unspecified atom stereocenters. The second-order valence-corrected chi connectivity index (χ2v) is 7.20. The van der Waals surface area contributed by atoms with Gasteiger partial charge in [-0.15, -0.1) is 0 Å². The minimum absolute atomic E-state index is 0.369. The minimum Gasteiger partial charge on any atom is -0.495 e. The molecule has 0 radical (unpaired) electrons. The van der Waals surface area contributed by atoms with Gasteiger partial charge >= 0.3 is 0 Å². The Balaban J connectivity index is 1.44. The van der Waals surface area contributed by atoms with Gasteiger partial charge in [0.1, 0.15) is 11.4 Å². The molecular formula is C22H28N2O3. The Labute approximate surface area is 161 Å². The zero-order valence-corrected chi connectivity index (χ0v) is 16.0. The summed E-state index contributed by atoms with van der Waals surface area (Å²) in [7, 11) is 1.74. The highest BCUT2D eigenvalue weighted by Crippen LogP contribution is 2.32. The van der Waals surface area contributed by atoms with Gasteiger partial charge < -0.3 is 19.1 Å². The zero-order chi connectivity index (χ0) is 18.5. The van der Waals surface area contributed by atoms with E-state index in [0.29, 0.717) is 19.8 Å². The fourth-order valence-electron chi connectivity index (χ4n) is 4.06. The van der Waals surface area contributed by atoms with Gasteiger partial charge in [0.05, 0.1) is 32.6 Å². The second-order valence-electron chi connectivity index (χ2n) is 7.20. The lowest BCUT2D eigenvalue weighted by atomic mass is 9.92. The number of ether oxygens (including phenoxy) is 3. The van der Waals surface area contributed by atoms with Crippen LogP contribution in [0, 0.1) is 0 Å². The Kier molecular flexibility index (Phi) is 5.62. The summed E-state index contributed by atoms with van der Waals surface area (Å²) in [5, 5.41) is 0. The SMILES string of the molecule is COc1ccccc1N1CCN(CC2(c3ccccc3)COCCO2)CC1. The summed E-state index contributed by atoms with van der Waals surface area (Å²) >= 11 is 0. The average molecular weight is 368 g/mol. The molecule has 4 rings (SSSR count). The number of benzene rings is 2. The standard InChI is InChI=1S/C22H28N2O3/c1-25-21-10-6-5-9-20(21)24-13-11-23(12-14-24)17-22(18-26-15-16-27-22)19-7-3-2-4-8-19/h2-10H,11-18H2,1H3. The van der Waals surface area contributed by atoms with Gasteiger partial charge in [-0.25, -0.2) is 0 Å². The number of rotatable bonds is 5. The molecule has 2 heterocycles. The second kappa shape index (κ2) is 8.30. The van der Waals surface area contributed by atoms with Gasteiger partial charge in [0, 0.05) is 32.7 Å². The fourth-order valence-corrected chi connectivity index (χ4v) is 4.06. The average Bonchev–Trinajstić information content (AvgIpc) is 2.75. The van der Waals surface area contributed by atoms with Crippen LogP contribution in [0.25, 0.3) is 0 Å². The molecule has 144 valence electrons. The van der Waals surface area contributed by atoms with Crippen LogP contribution in [-0.4, -0.2) is 64.6 Å². The van der Waals surface area contributed by atoms with Crippen LogP contribution in [-0.2, 0) is 15.1 Å². The van der Waals surface area contributed by atoms with Crippen molar-refractivity contribution in [3.8, 4) is 5.75 Å². The first-order valence-corrected chi connectivity index (χ1v) is 9.68. The monoisotopic (exact) mass is 368 g/mol. The van der Waals surface area contributed by atoms with Gasteiger partial charge in [-0.3, -0.25) is 4.90 Å². The van der Waals surface area contributed by atoms with Gasteiger partial charge in [-0.2, -0.15) is 0 Å². The molecule has 0 amide bonds. The summed E-state index contributed by atoms with van der Waals surface area (Å²) in [5.41, 5.74) is 2.01. The van der Waals surface area contributed by atoms with Gasteiger partial charge in [0.15, 0.2) is 0 Å². The predicted octanol–water partition coefficient (Wildman–Crippen LogP) is 2.76. The van der Waals surface area contributed by atoms with E-state index in [1.165, 1.54) is 11.3 Å². The summed E-state index contributed by atoms with van der Waals surface area (Å²) in [5.74, 6) is 0.940. The van der Waals surface area contributed by atoms with Crippen molar-refractivity contribution >= 4 is 5.69 Å². The number of para-hydroxylation sites is 2. The van der Waals surface area contributed by atoms with Crippen molar-refractivity contribution in [1.82, 2.24) is 4.90 Å². The largest absolute Gasteiger partial charge is 0.495 e. The lowest BCUT2D eigenvalue weighted by Gasteiger charge is -2.44. The topological polar surface area (TPSA) is 34.2 Å². The van der Waals surface area contributed by atoms with E-state index >= 15 is 0 Å². The normalized spacial score (nSPS) is 24.0. The van der Waals surface area contributed by atoms with Crippen LogP contribution in [0.4, 0.5) is 5.69 Å². The molecule has 0 N–H and O–H groups in total. The molecule has 1 atom stereocenters. The molecule has 27 heavy (non-hydrogen) atoms. The molecule has 2 saturated heterocycles. The molecule has 5 nitrogen and oxygen atoms in total. The van der Waals surface area contributed by atoms with Crippen molar-refractivity contribution in [2.75, 3.05) is 64.6 Å². The maximum Gasteiger partial charge on any atom is 0.142 e. The highest BCUT2D eigenvalue weighted by molar-refractivity contribution is 5.58. The summed E-state index contributed by atoms with van der Waals surface area (Å²) in [6.45, 7) is 6.75. The maximum absolute atomic E-state index is 6.30. The van der Waals surface area contributed by atoms with Crippen LogP contribution < -0.4 is 9.64 Å². The number of methoxy groups -OCH3 is 1. The number of nitrogens with zero attached hydrogens (tertiary/aromatic N) is 2. The Bertz CT molecular complexity index is 723. The molecule has 2 aliphatic rings. The molecule has 2 fully saturated rings. The first-order chi connectivity index (χ1) is 13.3. The van der Waals surface area contributed by atoms with Crippen molar-refractivity contribution < 1.29 is 14.2 Å². The quantitative estimate of drug-likeness (QED) is 0.811. The van der Waals surface area contributed by atoms with E-state index < -0.39 is 0 Å². The first kappa shape index (κ1) is 18.3. The highest BCUT2D eigenvalue weighted by atomic mass is 16.6. The van der Waals surface area contributed by atoms with Gasteiger partial charge in [-0.1, -0.05) is 42.5 Å². The van der Waals surface area contributed by atoms with Gasteiger partial charge in [-0.05, 0) is 17.7 Å². The molecule has 0 spiro atoms. The fraction of sp³-hybridized carbons (Fsp3) is 0.455. The van der Waals surface area contributed by atoms with E-state index in [9.17, 15) is 0 Å². The van der Waals surface area contributed by atoms with Crippen LogP contribution in [0.2, 0.25) is 0 Å². The van der Waals surface area contributed by atoms with Crippen LogP contribution in [0.1, 0.15) is 5.56 Å². The van der Waals surface area contributed by atoms with E-state index in [-0.39, 0.29) is 5.60 Å². The minimum atomic E-state index is -0.369. The molecule has 2 aromatic rings. The van der Waals surface area contributed by atoms with E-state index in [1.54, 1.807) is 7.11 Å². The number of hydrogen-bond donors (Lipinski definition) is 0. The molecule has 2 aliphatic heterocycles. The summed E-state index contributed by atoms with van der Waals surface area (Å²) in [6.07, 6.45) is 0. The van der Waals surface area contributed by atoms with Crippen LogP contribution in [0.15, 0.2) is 54.6 Å². The number of anilines is 1. The van der Waals surface area contributed by atoms with Crippen LogP contribution >= 0.6 is 0 Å². The third-order valence-corrected chi connectivity index (χ3v) is 5.52. The third-order valence-electron chi connectivity index (χ3n) is 5.52. The number of hydrogen-bond acceptors (Lipinski definition) is 5. The molecule has 0 saturated carbocycles. The smallest absolute Gasteiger partial charge is 0.142 e. The van der Waals surface area contributed by atoms with E-state index in [4.69, 9.17) is 14.2 Å². The van der Waals surface area contributed by atoms with Crippen molar-refractivity contribution in [2.45, 2.75) is 5.60 Å². The van der Waals surface area contributed by atoms with E-state index in [1.807, 2.05) is 18.2 Å². The predicted molar refractivity (Wildman–Crippen MR) is 107 cm³/mol. The lowest BCUT2D eigenvalue weighted by Crippen LogP contribution is -2.54. The third kappa shape index (κ3) is 3.95. The Morgan fingerprint density at radius 3 is 2.37 bits per heavy atom. The van der Waals surface area contributed by atoms with Gasteiger partial charge in [0.25, 0.3) is 0 Å². The maximum atomic E-state index is 6.30. The molecule has 0 aromatic heterocycles.